The number of benzene rings is 1. The fourth-order valence-electron chi connectivity index (χ4n) is 2.93. The summed E-state index contributed by atoms with van der Waals surface area (Å²) in [5, 5.41) is 12.6. The number of hydrogen-bond acceptors (Lipinski definition) is 5. The van der Waals surface area contributed by atoms with Crippen molar-refractivity contribution in [1.29, 1.82) is 0 Å². The summed E-state index contributed by atoms with van der Waals surface area (Å²) < 4.78 is 8.40. The second-order valence-corrected chi connectivity index (χ2v) is 6.39. The highest BCUT2D eigenvalue weighted by Gasteiger charge is 2.25. The molecular formula is C15H20N4O2S. The molecule has 6 nitrogen and oxygen atoms in total. The van der Waals surface area contributed by atoms with Crippen molar-refractivity contribution in [3.63, 3.8) is 0 Å². The first-order valence-electron chi connectivity index (χ1n) is 7.55. The predicted molar refractivity (Wildman–Crippen MR) is 87.5 cm³/mol. The van der Waals surface area contributed by atoms with Gasteiger partial charge in [0.2, 0.25) is 5.91 Å². The van der Waals surface area contributed by atoms with Crippen LogP contribution in [0.4, 0.5) is 17.1 Å². The molecule has 0 bridgehead atoms. The quantitative estimate of drug-likeness (QED) is 0.908. The lowest BCUT2D eigenvalue weighted by Crippen LogP contribution is -2.43. The standard InChI is InChI=1S/C15H20N4O2S/c1-10(20)11-4-3-7-19(8-11)9-14(21)16-12-5-2-6-13-15(12)18-22-17-13/h2,5-6,10-11,20H,3-4,7-9H2,1H3,(H,16,21). The van der Waals surface area contributed by atoms with Crippen LogP contribution < -0.4 is 5.32 Å². The van der Waals surface area contributed by atoms with E-state index < -0.39 is 0 Å². The second kappa shape index (κ2) is 6.68. The number of hydrogen-bond donors (Lipinski definition) is 2. The lowest BCUT2D eigenvalue weighted by atomic mass is 9.93. The van der Waals surface area contributed by atoms with Crippen LogP contribution in [0.2, 0.25) is 0 Å². The van der Waals surface area contributed by atoms with Crippen LogP contribution in [-0.2, 0) is 16.1 Å². The zero-order chi connectivity index (χ0) is 15.5. The van der Waals surface area contributed by atoms with Crippen molar-refractivity contribution in [1.82, 2.24) is 4.90 Å². The van der Waals surface area contributed by atoms with Gasteiger partial charge in [0.1, 0.15) is 11.4 Å². The highest BCUT2D eigenvalue weighted by molar-refractivity contribution is 7.58. The van der Waals surface area contributed by atoms with E-state index in [2.05, 4.69) is 18.9 Å². The summed E-state index contributed by atoms with van der Waals surface area (Å²) in [6.45, 7) is 3.84. The Bertz CT molecular complexity index is 640. The van der Waals surface area contributed by atoms with Gasteiger partial charge < -0.3 is 10.4 Å². The van der Waals surface area contributed by atoms with E-state index in [-0.39, 0.29) is 17.9 Å². The Morgan fingerprint density at radius 2 is 2.41 bits per heavy atom. The van der Waals surface area contributed by atoms with Gasteiger partial charge in [-0.05, 0) is 44.4 Å². The molecule has 118 valence electrons. The van der Waals surface area contributed by atoms with Gasteiger partial charge in [-0.2, -0.15) is 8.73 Å². The van der Waals surface area contributed by atoms with E-state index in [1.54, 1.807) is 0 Å². The number of rotatable bonds is 4. The first kappa shape index (κ1) is 15.3. The average Bonchev–Trinajstić information content (AvgIpc) is 2.97. The number of nitrogens with one attached hydrogen (secondary N) is 1. The van der Waals surface area contributed by atoms with Crippen molar-refractivity contribution in [2.45, 2.75) is 25.9 Å². The van der Waals surface area contributed by atoms with Gasteiger partial charge in [-0.3, -0.25) is 9.69 Å². The van der Waals surface area contributed by atoms with E-state index >= 15 is 0 Å². The lowest BCUT2D eigenvalue weighted by molar-refractivity contribution is -0.118. The highest BCUT2D eigenvalue weighted by Crippen LogP contribution is 2.38. The summed E-state index contributed by atoms with van der Waals surface area (Å²) in [5.41, 5.74) is 2.25. The minimum Gasteiger partial charge on any atom is -0.393 e. The molecule has 7 heteroatoms. The molecule has 2 N–H and O–H groups in total. The summed E-state index contributed by atoms with van der Waals surface area (Å²) in [6, 6.07) is 5.59. The van der Waals surface area contributed by atoms with Crippen molar-refractivity contribution in [3.8, 4) is 0 Å². The zero-order valence-corrected chi connectivity index (χ0v) is 13.3. The van der Waals surface area contributed by atoms with Crippen molar-refractivity contribution < 1.29 is 9.90 Å². The van der Waals surface area contributed by atoms with E-state index in [4.69, 9.17) is 0 Å². The van der Waals surface area contributed by atoms with E-state index in [0.717, 1.165) is 48.7 Å². The molecule has 0 aliphatic carbocycles. The maximum absolute atomic E-state index is 12.3. The molecule has 0 spiro atoms. The number of fused-ring (bicyclic) bond motifs is 1. The first-order valence-corrected chi connectivity index (χ1v) is 8.28. The zero-order valence-electron chi connectivity index (χ0n) is 12.5. The Kier molecular flexibility index (Phi) is 4.66. The number of amides is 1. The molecule has 1 aromatic carbocycles. The molecule has 2 aliphatic heterocycles. The van der Waals surface area contributed by atoms with Crippen LogP contribution in [0, 0.1) is 5.92 Å². The predicted octanol–water partition coefficient (Wildman–Crippen LogP) is 2.44. The third-order valence-corrected chi connectivity index (χ3v) is 4.69. The van der Waals surface area contributed by atoms with Gasteiger partial charge in [-0.25, -0.2) is 0 Å². The van der Waals surface area contributed by atoms with Crippen LogP contribution in [0.3, 0.4) is 0 Å². The van der Waals surface area contributed by atoms with Crippen LogP contribution in [0.1, 0.15) is 19.8 Å². The molecule has 1 aromatic rings. The molecule has 0 saturated carbocycles. The SMILES string of the molecule is CC(O)C1CCCN(CC(=O)Nc2cccc3c2N=S=N3)C1. The monoisotopic (exact) mass is 320 g/mol. The molecule has 22 heavy (non-hydrogen) atoms. The molecule has 0 radical (unpaired) electrons. The van der Waals surface area contributed by atoms with E-state index in [9.17, 15) is 9.90 Å². The summed E-state index contributed by atoms with van der Waals surface area (Å²) in [4.78, 5) is 14.4. The van der Waals surface area contributed by atoms with E-state index in [0.29, 0.717) is 12.2 Å². The maximum Gasteiger partial charge on any atom is 0.238 e. The summed E-state index contributed by atoms with van der Waals surface area (Å²) in [7, 11) is 0. The van der Waals surface area contributed by atoms with Crippen LogP contribution >= 0.6 is 0 Å². The Balaban J connectivity index is 1.59. The third-order valence-electron chi connectivity index (χ3n) is 4.15. The normalized spacial score (nSPS) is 22.0. The highest BCUT2D eigenvalue weighted by atomic mass is 32.1. The van der Waals surface area contributed by atoms with Gasteiger partial charge in [0.25, 0.3) is 0 Å². The maximum atomic E-state index is 12.3. The molecule has 2 aliphatic rings. The Morgan fingerprint density at radius 1 is 1.55 bits per heavy atom. The second-order valence-electron chi connectivity index (χ2n) is 5.86. The largest absolute Gasteiger partial charge is 0.393 e. The smallest absolute Gasteiger partial charge is 0.238 e. The van der Waals surface area contributed by atoms with Crippen LogP contribution in [0.15, 0.2) is 26.9 Å². The van der Waals surface area contributed by atoms with Gasteiger partial charge >= 0.3 is 0 Å². The minimum atomic E-state index is -0.319. The number of anilines is 1. The minimum absolute atomic E-state index is 0.0493. The summed E-state index contributed by atoms with van der Waals surface area (Å²) in [5.74, 6) is 0.208. The number of likely N-dealkylation sites (tertiary alicyclic amines) is 1. The molecule has 2 heterocycles. The fourth-order valence-corrected chi connectivity index (χ4v) is 3.48. The van der Waals surface area contributed by atoms with Crippen LogP contribution in [-0.4, -0.2) is 41.7 Å². The number of piperidine rings is 1. The van der Waals surface area contributed by atoms with Gasteiger partial charge in [-0.1, -0.05) is 6.07 Å². The Labute approximate surface area is 133 Å². The van der Waals surface area contributed by atoms with Gasteiger partial charge in [0, 0.05) is 6.54 Å². The molecule has 0 aromatic heterocycles. The van der Waals surface area contributed by atoms with Crippen molar-refractivity contribution in [3.05, 3.63) is 18.2 Å². The van der Waals surface area contributed by atoms with Crippen LogP contribution in [0.5, 0.6) is 0 Å². The number of aliphatic hydroxyl groups is 1. The Hall–Kier alpha value is -1.57. The number of carbonyl (C=O) groups excluding carboxylic acids is 1. The molecule has 1 saturated heterocycles. The molecule has 2 atom stereocenters. The lowest BCUT2D eigenvalue weighted by Gasteiger charge is -2.33. The first-order chi connectivity index (χ1) is 10.6. The van der Waals surface area contributed by atoms with E-state index in [1.165, 1.54) is 0 Å². The summed E-state index contributed by atoms with van der Waals surface area (Å²) >= 11 is 1.14. The van der Waals surface area contributed by atoms with Crippen molar-refractivity contribution in [2.24, 2.45) is 14.6 Å². The number of carbonyl (C=O) groups is 1. The average molecular weight is 320 g/mol. The molecule has 2 unspecified atom stereocenters. The molecule has 1 fully saturated rings. The molecule has 3 rings (SSSR count). The Morgan fingerprint density at radius 3 is 3.23 bits per heavy atom. The van der Waals surface area contributed by atoms with Crippen molar-refractivity contribution >= 4 is 34.3 Å². The number of aliphatic hydroxyl groups excluding tert-OH is 1. The van der Waals surface area contributed by atoms with Gasteiger partial charge in [-0.15, -0.1) is 0 Å². The molecule has 1 amide bonds. The van der Waals surface area contributed by atoms with E-state index in [1.807, 2.05) is 25.1 Å². The third kappa shape index (κ3) is 3.43. The topological polar surface area (TPSA) is 77.3 Å². The summed E-state index contributed by atoms with van der Waals surface area (Å²) in [6.07, 6.45) is 1.73. The van der Waals surface area contributed by atoms with Gasteiger partial charge in [0.15, 0.2) is 0 Å². The number of nitrogens with zero attached hydrogens (tertiary/aromatic N) is 3. The van der Waals surface area contributed by atoms with Gasteiger partial charge in [0.05, 0.1) is 29.7 Å². The fraction of sp³-hybridized carbons (Fsp3) is 0.533. The molecular weight excluding hydrogens is 300 g/mol. The van der Waals surface area contributed by atoms with Crippen LogP contribution in [0.25, 0.3) is 0 Å². The van der Waals surface area contributed by atoms with Crippen molar-refractivity contribution in [2.75, 3.05) is 25.0 Å².